The highest BCUT2D eigenvalue weighted by Gasteiger charge is 2.65. The molecule has 1 aliphatic heterocycles. The third-order valence-electron chi connectivity index (χ3n) is 6.12. The molecule has 31 heavy (non-hydrogen) atoms. The van der Waals surface area contributed by atoms with Crippen LogP contribution < -0.4 is 4.74 Å². The second kappa shape index (κ2) is 10.9. The molecule has 172 valence electrons. The van der Waals surface area contributed by atoms with Crippen LogP contribution in [0.3, 0.4) is 0 Å². The highest BCUT2D eigenvalue weighted by Crippen LogP contribution is 2.44. The molecule has 0 saturated carbocycles. The summed E-state index contributed by atoms with van der Waals surface area (Å²) in [6, 6.07) is 7.56. The topological polar surface area (TPSA) is 80.3 Å². The zero-order valence-electron chi connectivity index (χ0n) is 19.1. The van der Waals surface area contributed by atoms with E-state index in [1.54, 1.807) is 20.1 Å². The molecule has 0 spiro atoms. The molecule has 7 heteroatoms. The number of esters is 1. The minimum atomic E-state index is -1.81. The first-order valence-corrected chi connectivity index (χ1v) is 10.5. The van der Waals surface area contributed by atoms with Gasteiger partial charge in [-0.25, -0.2) is 4.79 Å². The van der Waals surface area contributed by atoms with Crippen molar-refractivity contribution in [2.45, 2.75) is 51.9 Å². The van der Waals surface area contributed by atoms with Crippen molar-refractivity contribution in [1.29, 1.82) is 0 Å². The molecule has 1 saturated heterocycles. The molecule has 0 unspecified atom stereocenters. The molecule has 1 aromatic rings. The number of carbonyl (C=O) groups excluding carboxylic acids is 2. The van der Waals surface area contributed by atoms with Gasteiger partial charge in [0.25, 0.3) is 0 Å². The summed E-state index contributed by atoms with van der Waals surface area (Å²) in [6.07, 6.45) is 1.97. The Bertz CT molecular complexity index is 760. The fourth-order valence-electron chi connectivity index (χ4n) is 3.68. The summed E-state index contributed by atoms with van der Waals surface area (Å²) in [4.78, 5) is 26.3. The van der Waals surface area contributed by atoms with E-state index in [2.05, 4.69) is 6.58 Å². The number of ether oxygens (including phenoxy) is 5. The molecule has 2 rings (SSSR count). The normalized spacial score (nSPS) is 25.0. The van der Waals surface area contributed by atoms with Crippen LogP contribution in [0, 0.1) is 11.3 Å². The number of ketones is 1. The molecule has 0 aromatic heterocycles. The number of hydrogen-bond donors (Lipinski definition) is 0. The van der Waals surface area contributed by atoms with Crippen LogP contribution in [0.4, 0.5) is 0 Å². The van der Waals surface area contributed by atoms with Gasteiger partial charge >= 0.3 is 5.97 Å². The summed E-state index contributed by atoms with van der Waals surface area (Å²) in [7, 11) is 3.05. The van der Waals surface area contributed by atoms with Crippen LogP contribution in [0.5, 0.6) is 5.75 Å². The van der Waals surface area contributed by atoms with Crippen molar-refractivity contribution in [3.63, 3.8) is 0 Å². The van der Waals surface area contributed by atoms with Gasteiger partial charge in [-0.15, -0.1) is 6.58 Å². The minimum absolute atomic E-state index is 0.00735. The maximum Gasteiger partial charge on any atom is 0.347 e. The Hall–Kier alpha value is -2.22. The van der Waals surface area contributed by atoms with E-state index >= 15 is 0 Å². The number of cyclic esters (lactones) is 1. The van der Waals surface area contributed by atoms with Gasteiger partial charge < -0.3 is 23.7 Å². The lowest BCUT2D eigenvalue weighted by atomic mass is 9.71. The van der Waals surface area contributed by atoms with E-state index < -0.39 is 28.9 Å². The third-order valence-corrected chi connectivity index (χ3v) is 6.12. The molecule has 0 radical (unpaired) electrons. The number of hydrogen-bond acceptors (Lipinski definition) is 7. The van der Waals surface area contributed by atoms with Crippen molar-refractivity contribution >= 4 is 11.8 Å². The van der Waals surface area contributed by atoms with Gasteiger partial charge in [-0.1, -0.05) is 38.5 Å². The predicted octanol–water partition coefficient (Wildman–Crippen LogP) is 3.69. The molecule has 1 heterocycles. The molecule has 0 bridgehead atoms. The van der Waals surface area contributed by atoms with Gasteiger partial charge in [0, 0.05) is 13.5 Å². The number of benzene rings is 1. The Labute approximate surface area is 184 Å². The Kier molecular flexibility index (Phi) is 8.79. The number of rotatable bonds is 13. The van der Waals surface area contributed by atoms with E-state index in [9.17, 15) is 9.59 Å². The summed E-state index contributed by atoms with van der Waals surface area (Å²) in [6.45, 7) is 9.73. The van der Waals surface area contributed by atoms with Gasteiger partial charge in [0.05, 0.1) is 25.2 Å². The van der Waals surface area contributed by atoms with E-state index in [-0.39, 0.29) is 25.7 Å². The van der Waals surface area contributed by atoms with Crippen molar-refractivity contribution in [3.05, 3.63) is 42.5 Å². The van der Waals surface area contributed by atoms with Gasteiger partial charge in [-0.2, -0.15) is 0 Å². The lowest BCUT2D eigenvalue weighted by molar-refractivity contribution is -0.189. The average Bonchev–Trinajstić information content (AvgIpc) is 3.06. The molecule has 1 aliphatic rings. The largest absolute Gasteiger partial charge is 0.497 e. The SMILES string of the molecule is C=C[C@@]1(C)COC(=O)[C@@]1(OCOC)C(=O)C[C@@H](OCc1ccc(OC)cc1)[C@@H](C)CC. The highest BCUT2D eigenvalue weighted by atomic mass is 16.7. The van der Waals surface area contributed by atoms with E-state index in [0.29, 0.717) is 6.61 Å². The molecule has 0 N–H and O–H groups in total. The van der Waals surface area contributed by atoms with Crippen LogP contribution in [0.15, 0.2) is 36.9 Å². The smallest absolute Gasteiger partial charge is 0.347 e. The first-order chi connectivity index (χ1) is 14.8. The number of carbonyl (C=O) groups is 2. The molecule has 4 atom stereocenters. The minimum Gasteiger partial charge on any atom is -0.497 e. The molecule has 7 nitrogen and oxygen atoms in total. The van der Waals surface area contributed by atoms with Crippen molar-refractivity contribution in [2.24, 2.45) is 11.3 Å². The van der Waals surface area contributed by atoms with Crippen molar-refractivity contribution in [2.75, 3.05) is 27.6 Å². The van der Waals surface area contributed by atoms with Gasteiger partial charge in [-0.3, -0.25) is 4.79 Å². The quantitative estimate of drug-likeness (QED) is 0.203. The van der Waals surface area contributed by atoms with Gasteiger partial charge in [-0.05, 0) is 30.5 Å². The van der Waals surface area contributed by atoms with E-state index in [1.165, 1.54) is 7.11 Å². The van der Waals surface area contributed by atoms with Crippen LogP contribution in [-0.4, -0.2) is 51.1 Å². The van der Waals surface area contributed by atoms with E-state index in [4.69, 9.17) is 23.7 Å². The van der Waals surface area contributed by atoms with Crippen LogP contribution in [0.1, 0.15) is 39.2 Å². The van der Waals surface area contributed by atoms with Crippen molar-refractivity contribution in [3.8, 4) is 5.75 Å². The Balaban J connectivity index is 2.23. The fraction of sp³-hybridized carbons (Fsp3) is 0.583. The zero-order chi connectivity index (χ0) is 23.1. The van der Waals surface area contributed by atoms with Crippen LogP contribution in [0.2, 0.25) is 0 Å². The second-order valence-electron chi connectivity index (χ2n) is 8.14. The van der Waals surface area contributed by atoms with Crippen LogP contribution in [0.25, 0.3) is 0 Å². The molecular formula is C24H34O7. The molecule has 1 aromatic carbocycles. The second-order valence-corrected chi connectivity index (χ2v) is 8.14. The average molecular weight is 435 g/mol. The van der Waals surface area contributed by atoms with Gasteiger partial charge in [0.2, 0.25) is 5.60 Å². The first kappa shape index (κ1) is 25.0. The van der Waals surface area contributed by atoms with Crippen LogP contribution >= 0.6 is 0 Å². The summed E-state index contributed by atoms with van der Waals surface area (Å²) >= 11 is 0. The third kappa shape index (κ3) is 5.17. The Morgan fingerprint density at radius 3 is 2.52 bits per heavy atom. The summed E-state index contributed by atoms with van der Waals surface area (Å²) < 4.78 is 27.3. The number of Topliss-reactive ketones (excluding diaryl/α,β-unsaturated/α-hetero) is 1. The maximum absolute atomic E-state index is 13.6. The Morgan fingerprint density at radius 1 is 1.29 bits per heavy atom. The lowest BCUT2D eigenvalue weighted by Gasteiger charge is -2.36. The van der Waals surface area contributed by atoms with Crippen molar-refractivity contribution < 1.29 is 33.3 Å². The summed E-state index contributed by atoms with van der Waals surface area (Å²) in [5, 5.41) is 0. The standard InChI is InChI=1S/C24H34O7/c1-7-17(3)20(29-14-18-9-11-19(28-6)12-10-18)13-21(25)24(31-16-27-5)22(26)30-15-23(24,4)8-2/h8-12,17,20H,2,7,13-16H2,1,3-6H3/t17-,20+,23-,24-/m0/s1. The van der Waals surface area contributed by atoms with Gasteiger partial charge in [0.1, 0.15) is 19.1 Å². The predicted molar refractivity (Wildman–Crippen MR) is 116 cm³/mol. The molecule has 0 amide bonds. The lowest BCUT2D eigenvalue weighted by Crippen LogP contribution is -2.57. The fourth-order valence-corrected chi connectivity index (χ4v) is 3.68. The molecule has 0 aliphatic carbocycles. The van der Waals surface area contributed by atoms with E-state index in [1.807, 2.05) is 38.1 Å². The zero-order valence-corrected chi connectivity index (χ0v) is 19.1. The highest BCUT2D eigenvalue weighted by molar-refractivity contribution is 6.10. The molecule has 1 fully saturated rings. The Morgan fingerprint density at radius 2 is 1.97 bits per heavy atom. The maximum atomic E-state index is 13.6. The van der Waals surface area contributed by atoms with E-state index in [0.717, 1.165) is 17.7 Å². The summed E-state index contributed by atoms with van der Waals surface area (Å²) in [5.41, 5.74) is -1.85. The molecular weight excluding hydrogens is 400 g/mol. The first-order valence-electron chi connectivity index (χ1n) is 10.5. The van der Waals surface area contributed by atoms with Crippen LogP contribution in [-0.2, 0) is 35.1 Å². The summed E-state index contributed by atoms with van der Waals surface area (Å²) in [5.74, 6) is -0.253. The number of methoxy groups -OCH3 is 2. The monoisotopic (exact) mass is 434 g/mol. The van der Waals surface area contributed by atoms with Gasteiger partial charge in [0.15, 0.2) is 5.78 Å². The van der Waals surface area contributed by atoms with Crippen molar-refractivity contribution in [1.82, 2.24) is 0 Å².